The molecule has 0 atom stereocenters. The summed E-state index contributed by atoms with van der Waals surface area (Å²) in [5.74, 6) is -2.28. The number of fused-ring (bicyclic) bond motifs is 1. The summed E-state index contributed by atoms with van der Waals surface area (Å²) in [5.41, 5.74) is 5.07. The summed E-state index contributed by atoms with van der Waals surface area (Å²) in [5, 5.41) is 5.13. The van der Waals surface area contributed by atoms with E-state index in [0.29, 0.717) is 21.6 Å². The molecule has 3 aromatic heterocycles. The van der Waals surface area contributed by atoms with Crippen molar-refractivity contribution in [2.45, 2.75) is 6.92 Å². The number of ketones is 1. The largest absolute Gasteiger partial charge is 0.453 e. The number of nitrogen functional groups attached to an aromatic ring is 1. The molecule has 4 aromatic rings. The van der Waals surface area contributed by atoms with Crippen LogP contribution in [-0.2, 0) is 18.8 Å². The molecule has 1 aromatic carbocycles. The highest BCUT2D eigenvalue weighted by atomic mass is 32.1. The first-order chi connectivity index (χ1) is 15.6. The van der Waals surface area contributed by atoms with E-state index in [1.807, 2.05) is 0 Å². The summed E-state index contributed by atoms with van der Waals surface area (Å²) < 4.78 is 21.7. The Morgan fingerprint density at radius 3 is 2.48 bits per heavy atom. The number of hydrogen-bond acceptors (Lipinski definition) is 8. The lowest BCUT2D eigenvalue weighted by molar-refractivity contribution is 0.0479. The van der Waals surface area contributed by atoms with Gasteiger partial charge in [-0.25, -0.2) is 18.7 Å². The standard InChI is InChI=1S/C21H18FN5O5S/c1-10-13-8-15(33-19(13)27(24-10)12-6-4-11(22)5-7-12)20(30)32-9-14(28)16-17(23)25(2)21(31)26(3)18(16)29/h4-8H,9,23H2,1-3H3. The van der Waals surface area contributed by atoms with Crippen LogP contribution in [0.1, 0.15) is 25.7 Å². The molecule has 0 radical (unpaired) electrons. The van der Waals surface area contributed by atoms with Crippen LogP contribution < -0.4 is 17.0 Å². The SMILES string of the molecule is Cc1nn(-c2ccc(F)cc2)c2sc(C(=O)OCC(=O)c3c(N)n(C)c(=O)n(C)c3=O)cc12. The molecule has 0 spiro atoms. The van der Waals surface area contributed by atoms with Crippen LogP contribution in [-0.4, -0.2) is 37.3 Å². The number of thiophene rings is 1. The normalized spacial score (nSPS) is 11.2. The molecule has 4 rings (SSSR count). The van der Waals surface area contributed by atoms with Crippen molar-refractivity contribution in [1.82, 2.24) is 18.9 Å². The van der Waals surface area contributed by atoms with E-state index in [-0.39, 0.29) is 16.5 Å². The maximum atomic E-state index is 13.3. The molecule has 33 heavy (non-hydrogen) atoms. The van der Waals surface area contributed by atoms with E-state index in [2.05, 4.69) is 5.10 Å². The van der Waals surface area contributed by atoms with Crippen LogP contribution in [0.3, 0.4) is 0 Å². The molecule has 0 amide bonds. The van der Waals surface area contributed by atoms with E-state index in [1.54, 1.807) is 29.8 Å². The van der Waals surface area contributed by atoms with Gasteiger partial charge in [0, 0.05) is 19.5 Å². The second kappa shape index (κ2) is 8.13. The number of aryl methyl sites for hydroxylation is 1. The first kappa shape index (κ1) is 22.1. The number of rotatable bonds is 5. The van der Waals surface area contributed by atoms with Crippen molar-refractivity contribution in [3.8, 4) is 5.69 Å². The van der Waals surface area contributed by atoms with Gasteiger partial charge >= 0.3 is 11.7 Å². The van der Waals surface area contributed by atoms with Gasteiger partial charge in [0.1, 0.15) is 26.9 Å². The number of esters is 1. The van der Waals surface area contributed by atoms with E-state index >= 15 is 0 Å². The Bertz CT molecular complexity index is 1540. The lowest BCUT2D eigenvalue weighted by atomic mass is 10.2. The van der Waals surface area contributed by atoms with Gasteiger partial charge in [-0.1, -0.05) is 0 Å². The summed E-state index contributed by atoms with van der Waals surface area (Å²) in [6.07, 6.45) is 0. The molecule has 0 aliphatic rings. The first-order valence-corrected chi connectivity index (χ1v) is 10.4. The first-order valence-electron chi connectivity index (χ1n) is 9.61. The Kier molecular flexibility index (Phi) is 5.46. The predicted octanol–water partition coefficient (Wildman–Crippen LogP) is 1.55. The van der Waals surface area contributed by atoms with Crippen molar-refractivity contribution in [1.29, 1.82) is 0 Å². The van der Waals surface area contributed by atoms with Gasteiger partial charge in [-0.05, 0) is 37.3 Å². The van der Waals surface area contributed by atoms with Gasteiger partial charge < -0.3 is 10.5 Å². The Morgan fingerprint density at radius 2 is 1.82 bits per heavy atom. The summed E-state index contributed by atoms with van der Waals surface area (Å²) in [7, 11) is 2.54. The fraction of sp³-hybridized carbons (Fsp3) is 0.190. The smallest absolute Gasteiger partial charge is 0.348 e. The van der Waals surface area contributed by atoms with E-state index in [4.69, 9.17) is 10.5 Å². The third-order valence-corrected chi connectivity index (χ3v) is 6.23. The number of carbonyl (C=O) groups excluding carboxylic acids is 2. The fourth-order valence-corrected chi connectivity index (χ4v) is 4.38. The van der Waals surface area contributed by atoms with Crippen molar-refractivity contribution >= 4 is 39.1 Å². The Morgan fingerprint density at radius 1 is 1.15 bits per heavy atom. The molecule has 0 fully saturated rings. The molecule has 0 saturated heterocycles. The maximum absolute atomic E-state index is 13.3. The van der Waals surface area contributed by atoms with Crippen LogP contribution in [0.5, 0.6) is 0 Å². The minimum Gasteiger partial charge on any atom is -0.453 e. The van der Waals surface area contributed by atoms with Crippen LogP contribution in [0.25, 0.3) is 15.9 Å². The molecule has 0 bridgehead atoms. The van der Waals surface area contributed by atoms with Gasteiger partial charge in [-0.2, -0.15) is 5.10 Å². The summed E-state index contributed by atoms with van der Waals surface area (Å²) in [6.45, 7) is 1.04. The molecule has 0 aliphatic heterocycles. The number of aromatic nitrogens is 4. The number of anilines is 1. The highest BCUT2D eigenvalue weighted by Gasteiger charge is 2.23. The van der Waals surface area contributed by atoms with Crippen molar-refractivity contribution in [3.63, 3.8) is 0 Å². The van der Waals surface area contributed by atoms with Crippen LogP contribution in [0, 0.1) is 12.7 Å². The molecular formula is C21H18FN5O5S. The Hall–Kier alpha value is -4.06. The number of Topliss-reactive ketones (excluding diaryl/α,β-unsaturated/α-hetero) is 1. The highest BCUT2D eigenvalue weighted by Crippen LogP contribution is 2.31. The topological polar surface area (TPSA) is 131 Å². The van der Waals surface area contributed by atoms with Crippen LogP contribution >= 0.6 is 11.3 Å². The molecule has 0 unspecified atom stereocenters. The number of nitrogens with zero attached hydrogens (tertiary/aromatic N) is 4. The average Bonchev–Trinajstić information content (AvgIpc) is 3.36. The van der Waals surface area contributed by atoms with Gasteiger partial charge in [-0.15, -0.1) is 11.3 Å². The van der Waals surface area contributed by atoms with Gasteiger partial charge in [0.15, 0.2) is 6.61 Å². The maximum Gasteiger partial charge on any atom is 0.348 e. The third kappa shape index (κ3) is 3.74. The zero-order chi connectivity index (χ0) is 24.0. The van der Waals surface area contributed by atoms with Gasteiger partial charge in [-0.3, -0.25) is 18.7 Å². The minimum atomic E-state index is -0.867. The van der Waals surface area contributed by atoms with Gasteiger partial charge in [0.05, 0.1) is 11.4 Å². The van der Waals surface area contributed by atoms with Gasteiger partial charge in [0.25, 0.3) is 5.56 Å². The van der Waals surface area contributed by atoms with Crippen LogP contribution in [0.2, 0.25) is 0 Å². The lowest BCUT2D eigenvalue weighted by Gasteiger charge is -2.10. The summed E-state index contributed by atoms with van der Waals surface area (Å²) in [4.78, 5) is 50.2. The lowest BCUT2D eigenvalue weighted by Crippen LogP contribution is -2.42. The number of benzene rings is 1. The van der Waals surface area contributed by atoms with Crippen LogP contribution in [0.15, 0.2) is 39.9 Å². The number of carbonyl (C=O) groups is 2. The Balaban J connectivity index is 1.59. The zero-order valence-electron chi connectivity index (χ0n) is 17.8. The summed E-state index contributed by atoms with van der Waals surface area (Å²) in [6, 6.07) is 7.34. The average molecular weight is 471 g/mol. The van der Waals surface area contributed by atoms with Crippen molar-refractivity contribution < 1.29 is 18.7 Å². The van der Waals surface area contributed by atoms with E-state index in [1.165, 1.54) is 26.2 Å². The molecule has 0 saturated carbocycles. The number of nitrogens with two attached hydrogens (primary N) is 1. The molecule has 0 aliphatic carbocycles. The van der Waals surface area contributed by atoms with Crippen LogP contribution in [0.4, 0.5) is 10.2 Å². The molecule has 170 valence electrons. The molecule has 2 N–H and O–H groups in total. The van der Waals surface area contributed by atoms with Crippen molar-refractivity contribution in [3.05, 3.63) is 73.1 Å². The highest BCUT2D eigenvalue weighted by molar-refractivity contribution is 7.20. The Labute approximate surface area is 189 Å². The zero-order valence-corrected chi connectivity index (χ0v) is 18.6. The molecule has 3 heterocycles. The number of ether oxygens (including phenoxy) is 1. The van der Waals surface area contributed by atoms with Crippen molar-refractivity contribution in [2.75, 3.05) is 12.3 Å². The van der Waals surface area contributed by atoms with E-state index in [0.717, 1.165) is 20.5 Å². The van der Waals surface area contributed by atoms with E-state index < -0.39 is 35.2 Å². The molecular weight excluding hydrogens is 453 g/mol. The number of hydrogen-bond donors (Lipinski definition) is 1. The minimum absolute atomic E-state index is 0.218. The third-order valence-electron chi connectivity index (χ3n) is 5.14. The van der Waals surface area contributed by atoms with Gasteiger partial charge in [0.2, 0.25) is 5.78 Å². The molecule has 12 heteroatoms. The number of halogens is 1. The van der Waals surface area contributed by atoms with Crippen molar-refractivity contribution in [2.24, 2.45) is 14.1 Å². The second-order valence-electron chi connectivity index (χ2n) is 7.27. The monoisotopic (exact) mass is 471 g/mol. The second-order valence-corrected chi connectivity index (χ2v) is 8.30. The fourth-order valence-electron chi connectivity index (χ4n) is 3.30. The predicted molar refractivity (Wildman–Crippen MR) is 120 cm³/mol. The summed E-state index contributed by atoms with van der Waals surface area (Å²) >= 11 is 1.10. The molecule has 10 nitrogen and oxygen atoms in total. The quantitative estimate of drug-likeness (QED) is 0.345. The van der Waals surface area contributed by atoms with E-state index in [9.17, 15) is 23.6 Å².